The van der Waals surface area contributed by atoms with Crippen molar-refractivity contribution in [1.82, 2.24) is 10.0 Å². The number of sulfonamides is 1. The third-order valence-corrected chi connectivity index (χ3v) is 7.26. The quantitative estimate of drug-likeness (QED) is 0.791. The van der Waals surface area contributed by atoms with Crippen molar-refractivity contribution in [2.75, 3.05) is 6.54 Å². The van der Waals surface area contributed by atoms with Gasteiger partial charge >= 0.3 is 0 Å². The molecule has 1 aliphatic rings. The maximum atomic E-state index is 12.3. The highest BCUT2D eigenvalue weighted by Crippen LogP contribution is 2.47. The summed E-state index contributed by atoms with van der Waals surface area (Å²) in [5.41, 5.74) is 1.22. The van der Waals surface area contributed by atoms with Crippen LogP contribution < -0.4 is 10.0 Å². The molecular formula is C17H20N2O3S2. The molecule has 1 amide bonds. The van der Waals surface area contributed by atoms with Gasteiger partial charge in [0, 0.05) is 12.0 Å². The predicted octanol–water partition coefficient (Wildman–Crippen LogP) is 2.26. The summed E-state index contributed by atoms with van der Waals surface area (Å²) in [6, 6.07) is 12.5. The number of nitrogens with one attached hydrogen (secondary N) is 2. The third-order valence-electron chi connectivity index (χ3n) is 4.33. The minimum Gasteiger partial charge on any atom is -0.354 e. The first-order valence-electron chi connectivity index (χ1n) is 7.82. The highest BCUT2D eigenvalue weighted by Gasteiger charge is 2.44. The van der Waals surface area contributed by atoms with Gasteiger partial charge in [-0.2, -0.15) is 4.72 Å². The molecular weight excluding hydrogens is 344 g/mol. The van der Waals surface area contributed by atoms with Gasteiger partial charge in [0.25, 0.3) is 10.0 Å². The normalized spacial score (nSPS) is 17.2. The van der Waals surface area contributed by atoms with E-state index in [2.05, 4.69) is 22.2 Å². The fraction of sp³-hybridized carbons (Fsp3) is 0.353. The lowest BCUT2D eigenvalue weighted by atomic mass is 9.96. The number of carbonyl (C=O) groups excluding carboxylic acids is 1. The molecule has 0 aliphatic heterocycles. The summed E-state index contributed by atoms with van der Waals surface area (Å²) in [6.07, 6.45) is 2.07. The van der Waals surface area contributed by atoms with Gasteiger partial charge in [-0.05, 0) is 36.8 Å². The minimum atomic E-state index is -3.64. The molecule has 0 bridgehead atoms. The molecule has 2 aromatic rings. The van der Waals surface area contributed by atoms with Crippen molar-refractivity contribution in [2.24, 2.45) is 0 Å². The Kier molecular flexibility index (Phi) is 4.76. The fourth-order valence-electron chi connectivity index (χ4n) is 2.68. The summed E-state index contributed by atoms with van der Waals surface area (Å²) in [4.78, 5) is 12.3. The van der Waals surface area contributed by atoms with Gasteiger partial charge in [0.15, 0.2) is 0 Å². The first-order valence-corrected chi connectivity index (χ1v) is 10.2. The summed E-state index contributed by atoms with van der Waals surface area (Å²) in [6.45, 7) is 2.09. The van der Waals surface area contributed by atoms with E-state index < -0.39 is 16.1 Å². The van der Waals surface area contributed by atoms with Gasteiger partial charge < -0.3 is 5.32 Å². The first kappa shape index (κ1) is 17.1. The van der Waals surface area contributed by atoms with Crippen LogP contribution in [0.25, 0.3) is 0 Å². The highest BCUT2D eigenvalue weighted by molar-refractivity contribution is 7.91. The fourth-order valence-corrected chi connectivity index (χ4v) is 4.89. The van der Waals surface area contributed by atoms with Gasteiger partial charge in [-0.1, -0.05) is 36.4 Å². The average Bonchev–Trinajstić information content (AvgIpc) is 3.14. The largest absolute Gasteiger partial charge is 0.354 e. The zero-order chi connectivity index (χ0) is 17.2. The monoisotopic (exact) mass is 364 g/mol. The standard InChI is InChI=1S/C17H20N2O3S2/c1-13(19-24(21,22)15-8-5-11-23-15)16(20)18-12-17(9-10-17)14-6-3-2-4-7-14/h2-8,11,13,19H,9-10,12H2,1H3,(H,18,20)/t13-/m0/s1. The molecule has 128 valence electrons. The van der Waals surface area contributed by atoms with E-state index in [9.17, 15) is 13.2 Å². The number of hydrogen-bond acceptors (Lipinski definition) is 4. The van der Waals surface area contributed by atoms with Crippen LogP contribution >= 0.6 is 11.3 Å². The van der Waals surface area contributed by atoms with E-state index in [4.69, 9.17) is 0 Å². The lowest BCUT2D eigenvalue weighted by Crippen LogP contribution is -2.46. The van der Waals surface area contributed by atoms with E-state index in [1.54, 1.807) is 18.4 Å². The summed E-state index contributed by atoms with van der Waals surface area (Å²) in [5, 5.41) is 4.58. The summed E-state index contributed by atoms with van der Waals surface area (Å²) < 4.78 is 27.0. The van der Waals surface area contributed by atoms with E-state index in [0.29, 0.717) is 6.54 Å². The maximum absolute atomic E-state index is 12.3. The van der Waals surface area contributed by atoms with E-state index in [0.717, 1.165) is 24.2 Å². The topological polar surface area (TPSA) is 75.3 Å². The molecule has 2 N–H and O–H groups in total. The predicted molar refractivity (Wildman–Crippen MR) is 94.5 cm³/mol. The molecule has 1 aromatic carbocycles. The molecule has 3 rings (SSSR count). The molecule has 1 aromatic heterocycles. The van der Waals surface area contributed by atoms with Crippen molar-refractivity contribution < 1.29 is 13.2 Å². The van der Waals surface area contributed by atoms with Gasteiger partial charge in [-0.25, -0.2) is 8.42 Å². The van der Waals surface area contributed by atoms with Gasteiger partial charge in [0.2, 0.25) is 5.91 Å². The number of benzene rings is 1. The summed E-state index contributed by atoms with van der Waals surface area (Å²) >= 11 is 1.13. The molecule has 0 radical (unpaired) electrons. The molecule has 0 spiro atoms. The third kappa shape index (κ3) is 3.68. The van der Waals surface area contributed by atoms with Gasteiger partial charge in [0.05, 0.1) is 6.04 Å². The second-order valence-electron chi connectivity index (χ2n) is 6.14. The Morgan fingerprint density at radius 2 is 1.92 bits per heavy atom. The Labute approximate surface area is 146 Å². The van der Waals surface area contributed by atoms with Crippen LogP contribution in [0.1, 0.15) is 25.3 Å². The molecule has 0 saturated heterocycles. The van der Waals surface area contributed by atoms with Crippen molar-refractivity contribution in [3.8, 4) is 0 Å². The summed E-state index contributed by atoms with van der Waals surface area (Å²) in [5.74, 6) is -0.308. The first-order chi connectivity index (χ1) is 11.4. The van der Waals surface area contributed by atoms with Crippen molar-refractivity contribution in [1.29, 1.82) is 0 Å². The van der Waals surface area contributed by atoms with Crippen LogP contribution in [0.15, 0.2) is 52.1 Å². The summed E-state index contributed by atoms with van der Waals surface area (Å²) in [7, 11) is -3.64. The van der Waals surface area contributed by atoms with Crippen LogP contribution in [-0.2, 0) is 20.2 Å². The highest BCUT2D eigenvalue weighted by atomic mass is 32.2. The number of amides is 1. The lowest BCUT2D eigenvalue weighted by molar-refractivity contribution is -0.122. The van der Waals surface area contributed by atoms with Gasteiger partial charge in [-0.3, -0.25) is 4.79 Å². The Hall–Kier alpha value is -1.70. The molecule has 24 heavy (non-hydrogen) atoms. The molecule has 1 aliphatic carbocycles. The second-order valence-corrected chi connectivity index (χ2v) is 9.03. The van der Waals surface area contributed by atoms with E-state index in [1.807, 2.05) is 18.2 Å². The van der Waals surface area contributed by atoms with Crippen LogP contribution in [0.2, 0.25) is 0 Å². The van der Waals surface area contributed by atoms with Crippen molar-refractivity contribution in [3.63, 3.8) is 0 Å². The molecule has 1 fully saturated rings. The van der Waals surface area contributed by atoms with E-state index >= 15 is 0 Å². The van der Waals surface area contributed by atoms with Crippen LogP contribution in [-0.4, -0.2) is 26.9 Å². The Morgan fingerprint density at radius 1 is 1.21 bits per heavy atom. The van der Waals surface area contributed by atoms with Gasteiger partial charge in [-0.15, -0.1) is 11.3 Å². The van der Waals surface area contributed by atoms with E-state index in [-0.39, 0.29) is 15.5 Å². The van der Waals surface area contributed by atoms with Crippen LogP contribution in [0, 0.1) is 0 Å². The van der Waals surface area contributed by atoms with Crippen LogP contribution in [0.4, 0.5) is 0 Å². The smallest absolute Gasteiger partial charge is 0.250 e. The number of rotatable bonds is 7. The van der Waals surface area contributed by atoms with E-state index in [1.165, 1.54) is 11.6 Å². The SMILES string of the molecule is C[C@H](NS(=O)(=O)c1cccs1)C(=O)NCC1(c2ccccc2)CC1. The average molecular weight is 364 g/mol. The molecule has 1 heterocycles. The van der Waals surface area contributed by atoms with Crippen LogP contribution in [0.3, 0.4) is 0 Å². The molecule has 1 saturated carbocycles. The van der Waals surface area contributed by atoms with Crippen molar-refractivity contribution >= 4 is 27.3 Å². The van der Waals surface area contributed by atoms with Crippen molar-refractivity contribution in [2.45, 2.75) is 35.4 Å². The second kappa shape index (κ2) is 6.66. The molecule has 1 atom stereocenters. The van der Waals surface area contributed by atoms with Crippen molar-refractivity contribution in [3.05, 3.63) is 53.4 Å². The molecule has 0 unspecified atom stereocenters. The molecule has 7 heteroatoms. The Bertz CT molecular complexity index is 798. The maximum Gasteiger partial charge on any atom is 0.250 e. The molecule has 5 nitrogen and oxygen atoms in total. The minimum absolute atomic E-state index is 0.00324. The van der Waals surface area contributed by atoms with Crippen LogP contribution in [0.5, 0.6) is 0 Å². The lowest BCUT2D eigenvalue weighted by Gasteiger charge is -2.19. The number of thiophene rings is 1. The number of hydrogen-bond donors (Lipinski definition) is 2. The van der Waals surface area contributed by atoms with Gasteiger partial charge in [0.1, 0.15) is 4.21 Å². The zero-order valence-corrected chi connectivity index (χ0v) is 15.0. The zero-order valence-electron chi connectivity index (χ0n) is 13.4. The number of carbonyl (C=O) groups is 1. The Morgan fingerprint density at radius 3 is 2.50 bits per heavy atom. The Balaban J connectivity index is 1.58.